The van der Waals surface area contributed by atoms with Crippen molar-refractivity contribution < 1.29 is 9.53 Å². The van der Waals surface area contributed by atoms with Crippen LogP contribution in [-0.2, 0) is 4.79 Å². The highest BCUT2D eigenvalue weighted by Gasteiger charge is 2.34. The zero-order chi connectivity index (χ0) is 21.1. The van der Waals surface area contributed by atoms with E-state index in [0.29, 0.717) is 18.0 Å². The van der Waals surface area contributed by atoms with Crippen molar-refractivity contribution in [3.05, 3.63) is 64.7 Å². The van der Waals surface area contributed by atoms with Crippen molar-refractivity contribution in [3.8, 4) is 5.75 Å². The number of nitrogens with zero attached hydrogens (tertiary/aromatic N) is 4. The topological polar surface area (TPSA) is 48.4 Å². The van der Waals surface area contributed by atoms with Crippen LogP contribution in [0.3, 0.4) is 0 Å². The third-order valence-corrected chi connectivity index (χ3v) is 6.14. The van der Waals surface area contributed by atoms with Gasteiger partial charge in [-0.1, -0.05) is 41.9 Å². The molecule has 0 unspecified atom stereocenters. The highest BCUT2D eigenvalue weighted by molar-refractivity contribution is 6.34. The van der Waals surface area contributed by atoms with Crippen LogP contribution in [0.1, 0.15) is 23.6 Å². The average Bonchev–Trinajstić information content (AvgIpc) is 3.21. The Morgan fingerprint density at radius 3 is 2.47 bits per heavy atom. The number of hydrogen-bond donors (Lipinski definition) is 0. The van der Waals surface area contributed by atoms with E-state index in [2.05, 4.69) is 16.8 Å². The second-order valence-corrected chi connectivity index (χ2v) is 8.24. The second kappa shape index (κ2) is 9.16. The molecule has 1 atom stereocenters. The number of rotatable bonds is 5. The summed E-state index contributed by atoms with van der Waals surface area (Å²) >= 11 is 6.42. The average molecular weight is 427 g/mol. The van der Waals surface area contributed by atoms with Crippen LogP contribution in [0.5, 0.6) is 5.75 Å². The van der Waals surface area contributed by atoms with Gasteiger partial charge in [0.1, 0.15) is 5.75 Å². The van der Waals surface area contributed by atoms with Gasteiger partial charge in [0, 0.05) is 43.2 Å². The highest BCUT2D eigenvalue weighted by Crippen LogP contribution is 2.35. The van der Waals surface area contributed by atoms with Crippen LogP contribution in [-0.4, -0.2) is 73.3 Å². The van der Waals surface area contributed by atoms with Gasteiger partial charge in [-0.3, -0.25) is 9.69 Å². The van der Waals surface area contributed by atoms with Gasteiger partial charge >= 0.3 is 0 Å². The molecule has 158 valence electrons. The number of carbonyl (C=O) groups is 1. The predicted molar refractivity (Wildman–Crippen MR) is 119 cm³/mol. The maximum Gasteiger partial charge on any atom is 0.257 e. The summed E-state index contributed by atoms with van der Waals surface area (Å²) < 4.78 is 5.28. The molecule has 2 aliphatic rings. The summed E-state index contributed by atoms with van der Waals surface area (Å²) in [5.41, 5.74) is 2.76. The summed E-state index contributed by atoms with van der Waals surface area (Å²) in [7, 11) is 3.76. The molecule has 2 aliphatic heterocycles. The van der Waals surface area contributed by atoms with Gasteiger partial charge in [-0.25, -0.2) is 5.01 Å². The van der Waals surface area contributed by atoms with Crippen molar-refractivity contribution in [1.82, 2.24) is 14.8 Å². The minimum atomic E-state index is -0.151. The molecule has 1 fully saturated rings. The van der Waals surface area contributed by atoms with E-state index in [1.807, 2.05) is 48.5 Å². The van der Waals surface area contributed by atoms with Crippen molar-refractivity contribution in [1.29, 1.82) is 0 Å². The molecule has 0 aliphatic carbocycles. The molecule has 7 heteroatoms. The molecule has 2 aromatic rings. The Bertz CT molecular complexity index is 923. The highest BCUT2D eigenvalue weighted by atomic mass is 35.5. The van der Waals surface area contributed by atoms with Crippen LogP contribution < -0.4 is 4.74 Å². The first kappa shape index (κ1) is 20.8. The Balaban J connectivity index is 1.59. The van der Waals surface area contributed by atoms with Crippen LogP contribution in [0.15, 0.2) is 53.6 Å². The lowest BCUT2D eigenvalue weighted by Crippen LogP contribution is -2.48. The Labute approximate surface area is 182 Å². The van der Waals surface area contributed by atoms with E-state index < -0.39 is 0 Å². The number of likely N-dealkylation sites (N-methyl/N-ethyl adjacent to an activating group) is 1. The molecule has 0 spiro atoms. The maximum atomic E-state index is 13.3. The van der Waals surface area contributed by atoms with Crippen LogP contribution >= 0.6 is 11.6 Å². The number of piperazine rings is 1. The number of amides is 1. The zero-order valence-electron chi connectivity index (χ0n) is 17.4. The van der Waals surface area contributed by atoms with Crippen molar-refractivity contribution in [2.24, 2.45) is 5.10 Å². The van der Waals surface area contributed by atoms with Gasteiger partial charge in [-0.15, -0.1) is 0 Å². The molecule has 0 saturated carbocycles. The fraction of sp³-hybridized carbons (Fsp3) is 0.391. The normalized spacial score (nSPS) is 20.3. The number of hydrogen-bond acceptors (Lipinski definition) is 5. The molecule has 2 aromatic carbocycles. The molecule has 6 nitrogen and oxygen atoms in total. The summed E-state index contributed by atoms with van der Waals surface area (Å²) in [6, 6.07) is 15.4. The second-order valence-electron chi connectivity index (χ2n) is 7.84. The zero-order valence-corrected chi connectivity index (χ0v) is 18.2. The number of hydrazone groups is 1. The number of halogens is 1. The molecule has 0 aromatic heterocycles. The smallest absolute Gasteiger partial charge is 0.257 e. The van der Waals surface area contributed by atoms with Crippen molar-refractivity contribution >= 4 is 23.2 Å². The summed E-state index contributed by atoms with van der Waals surface area (Å²) in [5.74, 6) is 0.807. The number of ether oxygens (including phenoxy) is 1. The van der Waals surface area contributed by atoms with Crippen molar-refractivity contribution in [2.45, 2.75) is 12.5 Å². The maximum absolute atomic E-state index is 13.3. The molecule has 30 heavy (non-hydrogen) atoms. The Kier molecular flexibility index (Phi) is 6.37. The van der Waals surface area contributed by atoms with E-state index in [-0.39, 0.29) is 11.9 Å². The summed E-state index contributed by atoms with van der Waals surface area (Å²) in [6.45, 7) is 4.11. The summed E-state index contributed by atoms with van der Waals surface area (Å²) in [6.07, 6.45) is 0.630. The third kappa shape index (κ3) is 4.51. The number of benzene rings is 2. The van der Waals surface area contributed by atoms with Gasteiger partial charge in [0.25, 0.3) is 5.91 Å². The lowest BCUT2D eigenvalue weighted by atomic mass is 9.98. The Hall–Kier alpha value is -2.41. The minimum Gasteiger partial charge on any atom is -0.497 e. The fourth-order valence-electron chi connectivity index (χ4n) is 3.95. The monoisotopic (exact) mass is 426 g/mol. The molecule has 0 bridgehead atoms. The van der Waals surface area contributed by atoms with E-state index in [0.717, 1.165) is 48.8 Å². The van der Waals surface area contributed by atoms with Gasteiger partial charge in [0.05, 0.1) is 25.4 Å². The predicted octanol–water partition coefficient (Wildman–Crippen LogP) is 3.27. The quantitative estimate of drug-likeness (QED) is 0.736. The SMILES string of the molecule is COc1ccc([C@@H]2CC(c3ccccc3Cl)=NN2C(=O)CN2CCN(C)CC2)cc1. The van der Waals surface area contributed by atoms with E-state index in [1.165, 1.54) is 0 Å². The third-order valence-electron chi connectivity index (χ3n) is 5.81. The number of carbonyl (C=O) groups excluding carboxylic acids is 1. The van der Waals surface area contributed by atoms with E-state index in [1.54, 1.807) is 12.1 Å². The van der Waals surface area contributed by atoms with Gasteiger partial charge in [-0.2, -0.15) is 5.10 Å². The molecule has 4 rings (SSSR count). The first-order valence-electron chi connectivity index (χ1n) is 10.2. The minimum absolute atomic E-state index is 0.0161. The standard InChI is InChI=1S/C23H27ClN4O2/c1-26-11-13-27(14-12-26)16-23(29)28-22(17-7-9-18(30-2)10-8-17)15-21(25-28)19-5-3-4-6-20(19)24/h3-10,22H,11-16H2,1-2H3/t22-/m0/s1. The molecule has 0 radical (unpaired) electrons. The van der Waals surface area contributed by atoms with Gasteiger partial charge in [-0.05, 0) is 30.8 Å². The van der Waals surface area contributed by atoms with Crippen molar-refractivity contribution in [2.75, 3.05) is 46.9 Å². The van der Waals surface area contributed by atoms with E-state index in [9.17, 15) is 4.79 Å². The van der Waals surface area contributed by atoms with Crippen LogP contribution in [0.2, 0.25) is 5.02 Å². The summed E-state index contributed by atoms with van der Waals surface area (Å²) in [5, 5.41) is 7.05. The summed E-state index contributed by atoms with van der Waals surface area (Å²) in [4.78, 5) is 17.8. The van der Waals surface area contributed by atoms with Gasteiger partial charge < -0.3 is 9.64 Å². The Morgan fingerprint density at radius 2 is 1.80 bits per heavy atom. The van der Waals surface area contributed by atoms with Crippen LogP contribution in [0.4, 0.5) is 0 Å². The molecular formula is C23H27ClN4O2. The number of methoxy groups -OCH3 is 1. The largest absolute Gasteiger partial charge is 0.497 e. The molecule has 0 N–H and O–H groups in total. The Morgan fingerprint density at radius 1 is 1.10 bits per heavy atom. The van der Waals surface area contributed by atoms with Crippen molar-refractivity contribution in [3.63, 3.8) is 0 Å². The van der Waals surface area contributed by atoms with Gasteiger partial charge in [0.15, 0.2) is 0 Å². The van der Waals surface area contributed by atoms with E-state index in [4.69, 9.17) is 21.4 Å². The molecule has 1 saturated heterocycles. The first-order valence-corrected chi connectivity index (χ1v) is 10.6. The molecular weight excluding hydrogens is 400 g/mol. The lowest BCUT2D eigenvalue weighted by Gasteiger charge is -2.33. The molecule has 1 amide bonds. The van der Waals surface area contributed by atoms with E-state index >= 15 is 0 Å². The van der Waals surface area contributed by atoms with Crippen LogP contribution in [0, 0.1) is 0 Å². The molecule has 2 heterocycles. The van der Waals surface area contributed by atoms with Gasteiger partial charge in [0.2, 0.25) is 0 Å². The first-order chi connectivity index (χ1) is 14.5. The van der Waals surface area contributed by atoms with Crippen LogP contribution in [0.25, 0.3) is 0 Å². The lowest BCUT2D eigenvalue weighted by molar-refractivity contribution is -0.134. The fourth-order valence-corrected chi connectivity index (χ4v) is 4.20.